The lowest BCUT2D eigenvalue weighted by atomic mass is 10.0. The number of hydrogen-bond acceptors (Lipinski definition) is 4. The molecule has 0 saturated carbocycles. The van der Waals surface area contributed by atoms with Crippen LogP contribution >= 0.6 is 23.5 Å². The summed E-state index contributed by atoms with van der Waals surface area (Å²) >= 11 is 3.23. The molecule has 2 unspecified atom stereocenters. The van der Waals surface area contributed by atoms with Crippen molar-refractivity contribution in [2.75, 3.05) is 11.5 Å². The van der Waals surface area contributed by atoms with E-state index in [0.29, 0.717) is 0 Å². The van der Waals surface area contributed by atoms with Crippen molar-refractivity contribution in [3.05, 3.63) is 29.8 Å². The van der Waals surface area contributed by atoms with Gasteiger partial charge in [-0.2, -0.15) is 11.8 Å². The summed E-state index contributed by atoms with van der Waals surface area (Å²) in [6.45, 7) is 1.99. The zero-order chi connectivity index (χ0) is 15.5. The Balaban J connectivity index is 2.26. The van der Waals surface area contributed by atoms with Crippen LogP contribution in [-0.4, -0.2) is 34.2 Å². The van der Waals surface area contributed by atoms with E-state index in [4.69, 9.17) is 0 Å². The first kappa shape index (κ1) is 16.5. The minimum Gasteiger partial charge on any atom is -0.405 e. The van der Waals surface area contributed by atoms with E-state index in [9.17, 15) is 18.0 Å². The predicted octanol–water partition coefficient (Wildman–Crippen LogP) is 4.40. The van der Waals surface area contributed by atoms with Gasteiger partial charge in [0.05, 0.1) is 10.8 Å². The molecule has 0 radical (unpaired) electrons. The first-order valence-electron chi connectivity index (χ1n) is 6.54. The molecule has 0 bridgehead atoms. The van der Waals surface area contributed by atoms with Crippen molar-refractivity contribution in [3.63, 3.8) is 0 Å². The minimum absolute atomic E-state index is 0.00766. The molecule has 116 valence electrons. The molecule has 1 aliphatic heterocycles. The molecule has 0 aliphatic carbocycles. The number of ketones is 1. The highest BCUT2D eigenvalue weighted by Crippen LogP contribution is 2.37. The van der Waals surface area contributed by atoms with Crippen molar-refractivity contribution >= 4 is 29.3 Å². The van der Waals surface area contributed by atoms with Gasteiger partial charge in [-0.05, 0) is 18.6 Å². The summed E-state index contributed by atoms with van der Waals surface area (Å²) < 4.78 is 41.3. The summed E-state index contributed by atoms with van der Waals surface area (Å²) in [4.78, 5) is 12.6. The molecule has 0 N–H and O–H groups in total. The third-order valence-corrected chi connectivity index (χ3v) is 6.34. The monoisotopic (exact) mass is 336 g/mol. The van der Waals surface area contributed by atoms with E-state index in [0.717, 1.165) is 17.9 Å². The molecule has 1 aromatic carbocycles. The van der Waals surface area contributed by atoms with Gasteiger partial charge in [0.2, 0.25) is 0 Å². The van der Waals surface area contributed by atoms with Crippen LogP contribution in [0, 0.1) is 0 Å². The smallest absolute Gasteiger partial charge is 0.405 e. The highest BCUT2D eigenvalue weighted by molar-refractivity contribution is 8.07. The Morgan fingerprint density at radius 3 is 2.62 bits per heavy atom. The molecule has 7 heteroatoms. The fraction of sp³-hybridized carbons (Fsp3) is 0.500. The Labute approximate surface area is 129 Å². The predicted molar refractivity (Wildman–Crippen MR) is 80.2 cm³/mol. The molecule has 1 aliphatic rings. The molecule has 1 saturated heterocycles. The average Bonchev–Trinajstić information content (AvgIpc) is 2.45. The average molecular weight is 336 g/mol. The second-order valence-electron chi connectivity index (χ2n) is 4.52. The first-order valence-corrected chi connectivity index (χ1v) is 8.64. The highest BCUT2D eigenvalue weighted by Gasteiger charge is 2.36. The molecular formula is C14H15F3O2S2. The van der Waals surface area contributed by atoms with Gasteiger partial charge in [0, 0.05) is 16.8 Å². The second-order valence-corrected chi connectivity index (χ2v) is 7.11. The van der Waals surface area contributed by atoms with Crippen molar-refractivity contribution < 1.29 is 22.7 Å². The van der Waals surface area contributed by atoms with Crippen LogP contribution in [0.4, 0.5) is 13.2 Å². The van der Waals surface area contributed by atoms with Crippen molar-refractivity contribution in [3.8, 4) is 5.75 Å². The van der Waals surface area contributed by atoms with Crippen LogP contribution in [0.15, 0.2) is 24.3 Å². The van der Waals surface area contributed by atoms with Crippen molar-refractivity contribution in [2.24, 2.45) is 0 Å². The maximum absolute atomic E-state index is 12.6. The second kappa shape index (κ2) is 6.96. The van der Waals surface area contributed by atoms with Crippen LogP contribution < -0.4 is 4.74 Å². The largest absolute Gasteiger partial charge is 0.573 e. The Kier molecular flexibility index (Phi) is 5.48. The Morgan fingerprint density at radius 1 is 1.29 bits per heavy atom. The van der Waals surface area contributed by atoms with Gasteiger partial charge in [0.1, 0.15) is 5.75 Å². The van der Waals surface area contributed by atoms with E-state index < -0.39 is 12.1 Å². The quantitative estimate of drug-likeness (QED) is 0.762. The number of halogens is 3. The van der Waals surface area contributed by atoms with Crippen molar-refractivity contribution in [1.29, 1.82) is 0 Å². The summed E-state index contributed by atoms with van der Waals surface area (Å²) in [5, 5.41) is -0.179. The number of ether oxygens (including phenoxy) is 1. The number of carbonyl (C=O) groups excluding carboxylic acids is 1. The van der Waals surface area contributed by atoms with E-state index in [2.05, 4.69) is 4.74 Å². The van der Waals surface area contributed by atoms with E-state index in [1.807, 2.05) is 6.92 Å². The number of rotatable bonds is 4. The molecule has 0 aromatic heterocycles. The number of Topliss-reactive ketones (excluding diaryl/α,β-unsaturated/α-hetero) is 1. The van der Waals surface area contributed by atoms with Crippen LogP contribution in [0.3, 0.4) is 0 Å². The molecule has 2 rings (SSSR count). The number of carbonyl (C=O) groups is 1. The third kappa shape index (κ3) is 4.32. The molecule has 0 amide bonds. The number of hydrogen-bond donors (Lipinski definition) is 0. The van der Waals surface area contributed by atoms with Gasteiger partial charge in [-0.1, -0.05) is 19.1 Å². The summed E-state index contributed by atoms with van der Waals surface area (Å²) in [7, 11) is 0. The molecule has 21 heavy (non-hydrogen) atoms. The van der Waals surface area contributed by atoms with Gasteiger partial charge in [0.15, 0.2) is 5.78 Å². The SMILES string of the molecule is CCC1SCCSC1C(=O)c1ccccc1OC(F)(F)F. The molecule has 1 aromatic rings. The molecular weight excluding hydrogens is 321 g/mol. The number of benzene rings is 1. The molecule has 0 spiro atoms. The maximum Gasteiger partial charge on any atom is 0.573 e. The Bertz CT molecular complexity index is 505. The summed E-state index contributed by atoms with van der Waals surface area (Å²) in [5.74, 6) is 1.10. The lowest BCUT2D eigenvalue weighted by Gasteiger charge is -2.29. The fourth-order valence-electron chi connectivity index (χ4n) is 2.18. The van der Waals surface area contributed by atoms with Crippen LogP contribution in [0.5, 0.6) is 5.75 Å². The van der Waals surface area contributed by atoms with Gasteiger partial charge in [-0.15, -0.1) is 24.9 Å². The minimum atomic E-state index is -4.80. The van der Waals surface area contributed by atoms with Gasteiger partial charge >= 0.3 is 6.36 Å². The van der Waals surface area contributed by atoms with Crippen molar-refractivity contribution in [1.82, 2.24) is 0 Å². The zero-order valence-electron chi connectivity index (χ0n) is 11.4. The van der Waals surface area contributed by atoms with Crippen LogP contribution in [0.2, 0.25) is 0 Å². The standard InChI is InChI=1S/C14H15F3O2S2/c1-2-11-13(21-8-7-20-11)12(18)9-5-3-4-6-10(9)19-14(15,16)17/h3-6,11,13H,2,7-8H2,1H3. The van der Waals surface area contributed by atoms with E-state index in [1.165, 1.54) is 30.0 Å². The molecule has 1 fully saturated rings. The number of alkyl halides is 3. The Morgan fingerprint density at radius 2 is 1.95 bits per heavy atom. The lowest BCUT2D eigenvalue weighted by molar-refractivity contribution is -0.274. The molecule has 2 nitrogen and oxygen atoms in total. The number of thioether (sulfide) groups is 2. The maximum atomic E-state index is 12.6. The first-order chi connectivity index (χ1) is 9.92. The van der Waals surface area contributed by atoms with Gasteiger partial charge in [-0.25, -0.2) is 0 Å². The summed E-state index contributed by atoms with van der Waals surface area (Å²) in [5.41, 5.74) is 0.00766. The topological polar surface area (TPSA) is 26.3 Å². The fourth-order valence-corrected chi connectivity index (χ4v) is 5.20. The summed E-state index contributed by atoms with van der Waals surface area (Å²) in [6.07, 6.45) is -3.98. The summed E-state index contributed by atoms with van der Waals surface area (Å²) in [6, 6.07) is 5.56. The zero-order valence-corrected chi connectivity index (χ0v) is 13.0. The van der Waals surface area contributed by atoms with E-state index in [1.54, 1.807) is 17.8 Å². The van der Waals surface area contributed by atoms with E-state index in [-0.39, 0.29) is 21.8 Å². The number of para-hydroxylation sites is 1. The third-order valence-electron chi connectivity index (χ3n) is 3.09. The van der Waals surface area contributed by atoms with Crippen LogP contribution in [-0.2, 0) is 0 Å². The molecule has 1 heterocycles. The lowest BCUT2D eigenvalue weighted by Crippen LogP contribution is -2.33. The van der Waals surface area contributed by atoms with Crippen molar-refractivity contribution in [2.45, 2.75) is 30.2 Å². The van der Waals surface area contributed by atoms with Gasteiger partial charge in [0.25, 0.3) is 0 Å². The normalized spacial score (nSPS) is 22.9. The Hall–Kier alpha value is -0.820. The van der Waals surface area contributed by atoms with Crippen LogP contribution in [0.1, 0.15) is 23.7 Å². The van der Waals surface area contributed by atoms with Crippen LogP contribution in [0.25, 0.3) is 0 Å². The van der Waals surface area contributed by atoms with E-state index >= 15 is 0 Å². The van der Waals surface area contributed by atoms with Gasteiger partial charge in [-0.3, -0.25) is 4.79 Å². The van der Waals surface area contributed by atoms with Gasteiger partial charge < -0.3 is 4.74 Å². The highest BCUT2D eigenvalue weighted by atomic mass is 32.2. The molecule has 2 atom stereocenters.